The minimum atomic E-state index is 0.00750. The van der Waals surface area contributed by atoms with Crippen molar-refractivity contribution in [3.8, 4) is 5.75 Å². The number of carbonyl (C=O) groups excluding carboxylic acids is 1. The molecule has 0 aliphatic rings. The third-order valence-electron chi connectivity index (χ3n) is 1.76. The smallest absolute Gasteiger partial charge is 0.194 e. The molecular weight excluding hydrogens is 204 g/mol. The van der Waals surface area contributed by atoms with Crippen molar-refractivity contribution < 1.29 is 9.90 Å². The van der Waals surface area contributed by atoms with Crippen LogP contribution in [0.4, 0.5) is 0 Å². The number of aromatic hydroxyl groups is 1. The van der Waals surface area contributed by atoms with E-state index >= 15 is 0 Å². The quantitative estimate of drug-likeness (QED) is 0.573. The highest BCUT2D eigenvalue weighted by atomic mass is 35.5. The molecule has 0 spiro atoms. The lowest BCUT2D eigenvalue weighted by atomic mass is 10.2. The van der Waals surface area contributed by atoms with Crippen LogP contribution in [0, 0.1) is 0 Å². The van der Waals surface area contributed by atoms with Crippen molar-refractivity contribution in [3.63, 3.8) is 0 Å². The average molecular weight is 209 g/mol. The Morgan fingerprint density at radius 1 is 1.36 bits per heavy atom. The number of nitrogens with zero attached hydrogens (tertiary/aromatic N) is 2. The van der Waals surface area contributed by atoms with Crippen LogP contribution >= 0.6 is 11.6 Å². The molecule has 0 unspecified atom stereocenters. The van der Waals surface area contributed by atoms with Crippen LogP contribution in [0.3, 0.4) is 0 Å². The number of hydrogen-bond acceptors (Lipinski definition) is 4. The zero-order valence-corrected chi connectivity index (χ0v) is 7.69. The van der Waals surface area contributed by atoms with Crippen LogP contribution in [0.5, 0.6) is 5.75 Å². The van der Waals surface area contributed by atoms with Gasteiger partial charge in [-0.2, -0.15) is 0 Å². The molecule has 0 amide bonds. The van der Waals surface area contributed by atoms with Crippen LogP contribution in [0.25, 0.3) is 10.9 Å². The molecule has 0 aliphatic carbocycles. The highest BCUT2D eigenvalue weighted by molar-refractivity contribution is 6.34. The van der Waals surface area contributed by atoms with Gasteiger partial charge in [-0.25, -0.2) is 9.97 Å². The molecule has 4 nitrogen and oxygen atoms in total. The van der Waals surface area contributed by atoms with Gasteiger partial charge in [-0.3, -0.25) is 4.79 Å². The van der Waals surface area contributed by atoms with E-state index in [-0.39, 0.29) is 16.7 Å². The summed E-state index contributed by atoms with van der Waals surface area (Å²) in [6, 6.07) is 4.51. The van der Waals surface area contributed by atoms with E-state index in [0.29, 0.717) is 17.2 Å². The minimum Gasteiger partial charge on any atom is -0.508 e. The SMILES string of the molecule is O=Cc1nc(Cl)c2ccc(O)cc2n1. The lowest BCUT2D eigenvalue weighted by Crippen LogP contribution is -1.93. The molecule has 1 heterocycles. The molecule has 2 rings (SSSR count). The Bertz CT molecular complexity index is 513. The van der Waals surface area contributed by atoms with E-state index in [1.807, 2.05) is 0 Å². The molecule has 0 atom stereocenters. The van der Waals surface area contributed by atoms with E-state index in [0.717, 1.165) is 0 Å². The Kier molecular flexibility index (Phi) is 2.05. The first kappa shape index (κ1) is 8.90. The van der Waals surface area contributed by atoms with E-state index in [9.17, 15) is 9.90 Å². The summed E-state index contributed by atoms with van der Waals surface area (Å²) in [5, 5.41) is 10.0. The van der Waals surface area contributed by atoms with Gasteiger partial charge in [0.2, 0.25) is 0 Å². The van der Waals surface area contributed by atoms with Gasteiger partial charge in [0.25, 0.3) is 0 Å². The number of rotatable bonds is 1. The second kappa shape index (κ2) is 3.23. The van der Waals surface area contributed by atoms with Crippen LogP contribution in [-0.2, 0) is 0 Å². The first-order valence-electron chi connectivity index (χ1n) is 3.82. The molecular formula is C9H5ClN2O2. The van der Waals surface area contributed by atoms with Gasteiger partial charge in [0.15, 0.2) is 12.1 Å². The maximum Gasteiger partial charge on any atom is 0.194 e. The van der Waals surface area contributed by atoms with Crippen LogP contribution < -0.4 is 0 Å². The van der Waals surface area contributed by atoms with E-state index in [2.05, 4.69) is 9.97 Å². The topological polar surface area (TPSA) is 63.1 Å². The Balaban J connectivity index is 2.83. The summed E-state index contributed by atoms with van der Waals surface area (Å²) in [6.45, 7) is 0. The monoisotopic (exact) mass is 208 g/mol. The second-order valence-corrected chi connectivity index (χ2v) is 3.05. The van der Waals surface area contributed by atoms with Crippen LogP contribution in [-0.4, -0.2) is 21.4 Å². The van der Waals surface area contributed by atoms with E-state index in [1.54, 1.807) is 6.07 Å². The number of halogens is 1. The van der Waals surface area contributed by atoms with Gasteiger partial charge in [-0.1, -0.05) is 11.6 Å². The summed E-state index contributed by atoms with van der Waals surface area (Å²) in [5.41, 5.74) is 0.451. The van der Waals surface area contributed by atoms with E-state index < -0.39 is 0 Å². The Labute approximate surface area is 84.2 Å². The molecule has 0 saturated carbocycles. The van der Waals surface area contributed by atoms with Crippen molar-refractivity contribution in [3.05, 3.63) is 29.2 Å². The van der Waals surface area contributed by atoms with Crippen molar-refractivity contribution >= 4 is 28.8 Å². The predicted molar refractivity (Wildman–Crippen MR) is 51.6 cm³/mol. The van der Waals surface area contributed by atoms with E-state index in [4.69, 9.17) is 11.6 Å². The van der Waals surface area contributed by atoms with Crippen LogP contribution in [0.1, 0.15) is 10.6 Å². The van der Waals surface area contributed by atoms with Gasteiger partial charge < -0.3 is 5.11 Å². The number of hydrogen-bond donors (Lipinski definition) is 1. The molecule has 2 aromatic rings. The van der Waals surface area contributed by atoms with Gasteiger partial charge in [0.1, 0.15) is 10.9 Å². The predicted octanol–water partition coefficient (Wildman–Crippen LogP) is 1.80. The number of phenols is 1. The maximum atomic E-state index is 10.4. The second-order valence-electron chi connectivity index (χ2n) is 2.69. The van der Waals surface area contributed by atoms with Gasteiger partial charge in [-0.05, 0) is 12.1 Å². The molecule has 0 bridgehead atoms. The lowest BCUT2D eigenvalue weighted by molar-refractivity contribution is 0.111. The fraction of sp³-hybridized carbons (Fsp3) is 0. The number of carbonyl (C=O) groups is 1. The summed E-state index contributed by atoms with van der Waals surface area (Å²) in [5.74, 6) is 0.0808. The zero-order chi connectivity index (χ0) is 10.1. The first-order chi connectivity index (χ1) is 6.70. The number of aldehydes is 1. The first-order valence-corrected chi connectivity index (χ1v) is 4.20. The largest absolute Gasteiger partial charge is 0.508 e. The minimum absolute atomic E-state index is 0.00750. The Morgan fingerprint density at radius 3 is 2.86 bits per heavy atom. The van der Waals surface area contributed by atoms with Crippen LogP contribution in [0.2, 0.25) is 5.15 Å². The van der Waals surface area contributed by atoms with Gasteiger partial charge in [-0.15, -0.1) is 0 Å². The van der Waals surface area contributed by atoms with Crippen molar-refractivity contribution in [1.82, 2.24) is 9.97 Å². The fourth-order valence-electron chi connectivity index (χ4n) is 1.15. The Hall–Kier alpha value is -1.68. The molecule has 0 saturated heterocycles. The van der Waals surface area contributed by atoms with Gasteiger partial charge in [0, 0.05) is 11.5 Å². The highest BCUT2D eigenvalue weighted by Crippen LogP contribution is 2.23. The Morgan fingerprint density at radius 2 is 2.14 bits per heavy atom. The van der Waals surface area contributed by atoms with Crippen LogP contribution in [0.15, 0.2) is 18.2 Å². The molecule has 1 aromatic carbocycles. The number of fused-ring (bicyclic) bond motifs is 1. The molecule has 0 aliphatic heterocycles. The highest BCUT2D eigenvalue weighted by Gasteiger charge is 2.05. The van der Waals surface area contributed by atoms with Crippen molar-refractivity contribution in [2.75, 3.05) is 0 Å². The van der Waals surface area contributed by atoms with Gasteiger partial charge >= 0.3 is 0 Å². The van der Waals surface area contributed by atoms with Crippen molar-refractivity contribution in [1.29, 1.82) is 0 Å². The maximum absolute atomic E-state index is 10.4. The lowest BCUT2D eigenvalue weighted by Gasteiger charge is -2.00. The molecule has 70 valence electrons. The fourth-order valence-corrected chi connectivity index (χ4v) is 1.40. The molecule has 1 aromatic heterocycles. The third-order valence-corrected chi connectivity index (χ3v) is 2.04. The third kappa shape index (κ3) is 1.40. The number of aromatic nitrogens is 2. The molecule has 5 heteroatoms. The summed E-state index contributed by atoms with van der Waals surface area (Å²) in [6.07, 6.45) is 0.509. The summed E-state index contributed by atoms with van der Waals surface area (Å²) < 4.78 is 0. The number of benzene rings is 1. The number of phenolic OH excluding ortho intramolecular Hbond substituents is 1. The molecule has 0 fully saturated rings. The van der Waals surface area contributed by atoms with Crippen molar-refractivity contribution in [2.24, 2.45) is 0 Å². The van der Waals surface area contributed by atoms with E-state index in [1.165, 1.54) is 12.1 Å². The molecule has 1 N–H and O–H groups in total. The van der Waals surface area contributed by atoms with Gasteiger partial charge in [0.05, 0.1) is 5.52 Å². The zero-order valence-electron chi connectivity index (χ0n) is 6.94. The molecule has 0 radical (unpaired) electrons. The average Bonchev–Trinajstić information content (AvgIpc) is 2.16. The summed E-state index contributed by atoms with van der Waals surface area (Å²) in [7, 11) is 0. The summed E-state index contributed by atoms with van der Waals surface area (Å²) in [4.78, 5) is 18.1. The standard InChI is InChI=1S/C9H5ClN2O2/c10-9-6-2-1-5(14)3-7(6)11-8(4-13)12-9/h1-4,14H. The summed E-state index contributed by atoms with van der Waals surface area (Å²) >= 11 is 5.80. The normalized spacial score (nSPS) is 10.4. The molecule has 14 heavy (non-hydrogen) atoms. The van der Waals surface area contributed by atoms with Crippen molar-refractivity contribution in [2.45, 2.75) is 0 Å².